The van der Waals surface area contributed by atoms with Crippen LogP contribution >= 0.6 is 0 Å². The Labute approximate surface area is 186 Å². The Hall–Kier alpha value is -2.89. The van der Waals surface area contributed by atoms with Gasteiger partial charge in [-0.05, 0) is 54.2 Å². The van der Waals surface area contributed by atoms with Gasteiger partial charge in [0.15, 0.2) is 17.9 Å². The van der Waals surface area contributed by atoms with Gasteiger partial charge in [0.2, 0.25) is 0 Å². The molecule has 0 bridgehead atoms. The highest BCUT2D eigenvalue weighted by Gasteiger charge is 2.23. The largest absolute Gasteiger partial charge is 0.352 e. The van der Waals surface area contributed by atoms with Crippen molar-refractivity contribution in [2.24, 2.45) is 0 Å². The maximum Gasteiger partial charge on any atom is 0.166 e. The molecule has 3 aromatic carbocycles. The van der Waals surface area contributed by atoms with Gasteiger partial charge in [-0.25, -0.2) is 13.2 Å². The Morgan fingerprint density at radius 2 is 1.50 bits per heavy atom. The summed E-state index contributed by atoms with van der Waals surface area (Å²) in [6.45, 7) is 4.49. The molecule has 5 heteroatoms. The van der Waals surface area contributed by atoms with Crippen molar-refractivity contribution in [3.8, 4) is 22.3 Å². The van der Waals surface area contributed by atoms with Crippen LogP contribution in [0.3, 0.4) is 0 Å². The molecule has 0 amide bonds. The summed E-state index contributed by atoms with van der Waals surface area (Å²) >= 11 is 0. The van der Waals surface area contributed by atoms with E-state index < -0.39 is 11.6 Å². The Balaban J connectivity index is 1.55. The zero-order chi connectivity index (χ0) is 22.7. The fraction of sp³-hybridized carbons (Fsp3) is 0.259. The molecular formula is C27H25F3O2. The van der Waals surface area contributed by atoms with Gasteiger partial charge >= 0.3 is 0 Å². The molecule has 0 unspecified atom stereocenters. The molecule has 0 radical (unpaired) electrons. The maximum absolute atomic E-state index is 14.8. The summed E-state index contributed by atoms with van der Waals surface area (Å²) in [4.78, 5) is 0. The van der Waals surface area contributed by atoms with Crippen molar-refractivity contribution in [3.63, 3.8) is 0 Å². The van der Waals surface area contributed by atoms with E-state index in [1.54, 1.807) is 54.6 Å². The summed E-state index contributed by atoms with van der Waals surface area (Å²) in [7, 11) is 0. The highest BCUT2D eigenvalue weighted by atomic mass is 19.2. The van der Waals surface area contributed by atoms with E-state index in [0.29, 0.717) is 41.9 Å². The molecule has 0 saturated carbocycles. The minimum absolute atomic E-state index is 0.142. The third-order valence-corrected chi connectivity index (χ3v) is 5.77. The van der Waals surface area contributed by atoms with Gasteiger partial charge in [0.05, 0.1) is 13.2 Å². The third-order valence-electron chi connectivity index (χ3n) is 5.77. The highest BCUT2D eigenvalue weighted by Crippen LogP contribution is 2.31. The van der Waals surface area contributed by atoms with Crippen LogP contribution in [0.5, 0.6) is 0 Å². The zero-order valence-electron chi connectivity index (χ0n) is 18.1. The fourth-order valence-electron chi connectivity index (χ4n) is 3.87. The minimum Gasteiger partial charge on any atom is -0.352 e. The molecule has 1 aliphatic heterocycles. The summed E-state index contributed by atoms with van der Waals surface area (Å²) in [5, 5.41) is 0. The van der Waals surface area contributed by atoms with E-state index in [-0.39, 0.29) is 23.6 Å². The standard InChI is InChI=1S/C27H25F3O2/c1-3-4-5-20-10-13-24(27(30)26(20)29)19-8-6-18(7-9-19)21-11-12-23(25(28)14-21)22-15-31-17(2)32-16-22/h3-4,6-14,17,22H,5,15-16H2,1-2H3/b4-3-. The van der Waals surface area contributed by atoms with Crippen molar-refractivity contribution in [1.82, 2.24) is 0 Å². The molecule has 3 aromatic rings. The Kier molecular flexibility index (Phi) is 6.77. The average molecular weight is 438 g/mol. The second-order valence-electron chi connectivity index (χ2n) is 7.92. The summed E-state index contributed by atoms with van der Waals surface area (Å²) < 4.78 is 54.7. The highest BCUT2D eigenvalue weighted by molar-refractivity contribution is 5.71. The summed E-state index contributed by atoms with van der Waals surface area (Å²) in [5.41, 5.74) is 3.14. The van der Waals surface area contributed by atoms with Gasteiger partial charge in [0.1, 0.15) is 5.82 Å². The third kappa shape index (κ3) is 4.64. The number of ether oxygens (including phenoxy) is 2. The van der Waals surface area contributed by atoms with E-state index in [1.165, 1.54) is 6.07 Å². The molecule has 0 N–H and O–H groups in total. The van der Waals surface area contributed by atoms with Gasteiger partial charge in [-0.3, -0.25) is 0 Å². The normalized spacial score (nSPS) is 18.9. The first-order valence-electron chi connectivity index (χ1n) is 10.7. The molecule has 0 aliphatic carbocycles. The van der Waals surface area contributed by atoms with E-state index in [4.69, 9.17) is 9.47 Å². The molecule has 0 spiro atoms. The number of hydrogen-bond donors (Lipinski definition) is 0. The van der Waals surface area contributed by atoms with Crippen molar-refractivity contribution >= 4 is 0 Å². The lowest BCUT2D eigenvalue weighted by molar-refractivity contribution is -0.176. The van der Waals surface area contributed by atoms with Crippen LogP contribution in [0.1, 0.15) is 30.9 Å². The van der Waals surface area contributed by atoms with Crippen LogP contribution in [0, 0.1) is 17.5 Å². The van der Waals surface area contributed by atoms with Crippen LogP contribution in [0.15, 0.2) is 66.7 Å². The fourth-order valence-corrected chi connectivity index (χ4v) is 3.87. The lowest BCUT2D eigenvalue weighted by Gasteiger charge is -2.27. The zero-order valence-corrected chi connectivity index (χ0v) is 18.1. The quantitative estimate of drug-likeness (QED) is 0.398. The van der Waals surface area contributed by atoms with E-state index in [2.05, 4.69) is 0 Å². The van der Waals surface area contributed by atoms with Gasteiger partial charge in [0.25, 0.3) is 0 Å². The number of halogens is 3. The second kappa shape index (κ2) is 9.72. The van der Waals surface area contributed by atoms with E-state index in [0.717, 1.165) is 5.56 Å². The van der Waals surface area contributed by atoms with Crippen molar-refractivity contribution in [2.75, 3.05) is 13.2 Å². The number of allylic oxidation sites excluding steroid dienone is 2. The monoisotopic (exact) mass is 438 g/mol. The van der Waals surface area contributed by atoms with Crippen LogP contribution in [-0.2, 0) is 15.9 Å². The van der Waals surface area contributed by atoms with Crippen molar-refractivity contribution < 1.29 is 22.6 Å². The maximum atomic E-state index is 14.8. The van der Waals surface area contributed by atoms with Gasteiger partial charge in [-0.2, -0.15) is 0 Å². The Morgan fingerprint density at radius 1 is 0.844 bits per heavy atom. The summed E-state index contributed by atoms with van der Waals surface area (Å²) in [5.74, 6) is -2.15. The molecule has 166 valence electrons. The predicted molar refractivity (Wildman–Crippen MR) is 120 cm³/mol. The number of rotatable bonds is 5. The number of hydrogen-bond acceptors (Lipinski definition) is 2. The van der Waals surface area contributed by atoms with Crippen LogP contribution in [-0.4, -0.2) is 19.5 Å². The van der Waals surface area contributed by atoms with Gasteiger partial charge in [-0.1, -0.05) is 60.7 Å². The first-order chi connectivity index (χ1) is 15.5. The molecule has 4 rings (SSSR count). The lowest BCUT2D eigenvalue weighted by atomic mass is 9.95. The molecule has 1 heterocycles. The van der Waals surface area contributed by atoms with Crippen molar-refractivity contribution in [2.45, 2.75) is 32.5 Å². The smallest absolute Gasteiger partial charge is 0.166 e. The second-order valence-corrected chi connectivity index (χ2v) is 7.92. The Bertz CT molecular complexity index is 1110. The van der Waals surface area contributed by atoms with E-state index in [1.807, 2.05) is 19.9 Å². The van der Waals surface area contributed by atoms with Gasteiger partial charge in [0, 0.05) is 11.5 Å². The molecule has 2 nitrogen and oxygen atoms in total. The molecule has 32 heavy (non-hydrogen) atoms. The van der Waals surface area contributed by atoms with Gasteiger partial charge in [-0.15, -0.1) is 0 Å². The van der Waals surface area contributed by atoms with Crippen molar-refractivity contribution in [3.05, 3.63) is 95.3 Å². The Morgan fingerprint density at radius 3 is 2.16 bits per heavy atom. The number of benzene rings is 3. The van der Waals surface area contributed by atoms with Crippen LogP contribution in [0.2, 0.25) is 0 Å². The topological polar surface area (TPSA) is 18.5 Å². The van der Waals surface area contributed by atoms with Crippen LogP contribution in [0.25, 0.3) is 22.3 Å². The van der Waals surface area contributed by atoms with E-state index in [9.17, 15) is 13.2 Å². The first-order valence-corrected chi connectivity index (χ1v) is 10.7. The van der Waals surface area contributed by atoms with Crippen molar-refractivity contribution in [1.29, 1.82) is 0 Å². The lowest BCUT2D eigenvalue weighted by Crippen LogP contribution is -2.29. The summed E-state index contributed by atoms with van der Waals surface area (Å²) in [6.07, 6.45) is 3.66. The summed E-state index contributed by atoms with van der Waals surface area (Å²) in [6, 6.07) is 15.3. The molecular weight excluding hydrogens is 413 g/mol. The van der Waals surface area contributed by atoms with Crippen LogP contribution in [0.4, 0.5) is 13.2 Å². The molecule has 1 aliphatic rings. The molecule has 0 aromatic heterocycles. The SMILES string of the molecule is C/C=C\Cc1ccc(-c2ccc(-c3ccc(C4COC(C)OC4)c(F)c3)cc2)c(F)c1F. The molecule has 1 fully saturated rings. The van der Waals surface area contributed by atoms with Crippen LogP contribution < -0.4 is 0 Å². The first kappa shape index (κ1) is 22.3. The minimum atomic E-state index is -0.860. The predicted octanol–water partition coefficient (Wildman–Crippen LogP) is 7.03. The molecule has 1 saturated heterocycles. The van der Waals surface area contributed by atoms with E-state index >= 15 is 0 Å². The van der Waals surface area contributed by atoms with Gasteiger partial charge < -0.3 is 9.47 Å². The average Bonchev–Trinajstić information content (AvgIpc) is 2.81. The molecule has 0 atom stereocenters.